The van der Waals surface area contributed by atoms with E-state index in [0.29, 0.717) is 29.7 Å². The lowest BCUT2D eigenvalue weighted by Crippen LogP contribution is -2.21. The van der Waals surface area contributed by atoms with E-state index in [4.69, 9.17) is 33.0 Å². The van der Waals surface area contributed by atoms with Gasteiger partial charge >= 0.3 is 5.97 Å². The third-order valence-electron chi connectivity index (χ3n) is 5.14. The Balaban J connectivity index is 1.70. The molecule has 0 radical (unpaired) electrons. The SMILES string of the molecule is COc1ccc(C=C2CCn3c2nc2cc(NC(=O)/C(Cl)=C(/Cl)C(=O)O)ccc2c3=O)cc1. The number of fused-ring (bicyclic) bond motifs is 2. The van der Waals surface area contributed by atoms with Crippen LogP contribution in [-0.4, -0.2) is 33.6 Å². The molecule has 1 amide bonds. The molecule has 0 fully saturated rings. The Labute approximate surface area is 197 Å². The number of hydrogen-bond acceptors (Lipinski definition) is 5. The van der Waals surface area contributed by atoms with E-state index >= 15 is 0 Å². The number of rotatable bonds is 5. The average molecular weight is 486 g/mol. The summed E-state index contributed by atoms with van der Waals surface area (Å²) in [5.74, 6) is -1.10. The smallest absolute Gasteiger partial charge is 0.349 e. The molecule has 1 aliphatic heterocycles. The van der Waals surface area contributed by atoms with E-state index in [1.807, 2.05) is 30.3 Å². The number of carbonyl (C=O) groups excluding carboxylic acids is 1. The van der Waals surface area contributed by atoms with Gasteiger partial charge in [0, 0.05) is 12.2 Å². The van der Waals surface area contributed by atoms with Crippen molar-refractivity contribution in [2.24, 2.45) is 0 Å². The summed E-state index contributed by atoms with van der Waals surface area (Å²) in [5, 5.41) is 10.3. The molecule has 168 valence electrons. The van der Waals surface area contributed by atoms with E-state index < -0.39 is 21.9 Å². The summed E-state index contributed by atoms with van der Waals surface area (Å²) >= 11 is 11.3. The van der Waals surface area contributed by atoms with Gasteiger partial charge in [0.15, 0.2) is 0 Å². The molecule has 33 heavy (non-hydrogen) atoms. The van der Waals surface area contributed by atoms with E-state index in [1.54, 1.807) is 17.7 Å². The number of ether oxygens (including phenoxy) is 1. The maximum absolute atomic E-state index is 13.0. The number of carboxylic acid groups (broad SMARTS) is 1. The topological polar surface area (TPSA) is 111 Å². The van der Waals surface area contributed by atoms with Crippen molar-refractivity contribution in [1.29, 1.82) is 0 Å². The van der Waals surface area contributed by atoms with Gasteiger partial charge in [-0.15, -0.1) is 0 Å². The zero-order valence-electron chi connectivity index (χ0n) is 17.3. The molecule has 3 aromatic rings. The molecular formula is C23H17Cl2N3O5. The number of carboxylic acids is 1. The van der Waals surface area contributed by atoms with Gasteiger partial charge in [0.25, 0.3) is 11.5 Å². The summed E-state index contributed by atoms with van der Waals surface area (Å²) < 4.78 is 6.81. The molecule has 0 atom stereocenters. The predicted octanol–water partition coefficient (Wildman–Crippen LogP) is 4.06. The highest BCUT2D eigenvalue weighted by Gasteiger charge is 2.22. The lowest BCUT2D eigenvalue weighted by molar-refractivity contribution is -0.132. The number of amides is 1. The number of hydrogen-bond donors (Lipinski definition) is 2. The number of benzene rings is 2. The van der Waals surface area contributed by atoms with E-state index in [1.165, 1.54) is 12.1 Å². The number of aromatic nitrogens is 2. The van der Waals surface area contributed by atoms with Gasteiger partial charge in [-0.05, 0) is 54.0 Å². The average Bonchev–Trinajstić information content (AvgIpc) is 3.21. The van der Waals surface area contributed by atoms with Crippen molar-refractivity contribution in [1.82, 2.24) is 9.55 Å². The second-order valence-electron chi connectivity index (χ2n) is 7.20. The van der Waals surface area contributed by atoms with Crippen LogP contribution < -0.4 is 15.6 Å². The molecule has 2 N–H and O–H groups in total. The Morgan fingerprint density at radius 3 is 2.55 bits per heavy atom. The molecule has 2 heterocycles. The van der Waals surface area contributed by atoms with Gasteiger partial charge in [-0.1, -0.05) is 35.3 Å². The molecule has 0 saturated carbocycles. The van der Waals surface area contributed by atoms with Gasteiger partial charge in [0.05, 0.1) is 18.0 Å². The van der Waals surface area contributed by atoms with Crippen LogP contribution in [-0.2, 0) is 16.1 Å². The normalized spacial score (nSPS) is 14.7. The molecule has 2 aromatic carbocycles. The van der Waals surface area contributed by atoms with Gasteiger partial charge in [-0.2, -0.15) is 0 Å². The molecular weight excluding hydrogens is 469 g/mol. The van der Waals surface area contributed by atoms with Gasteiger partial charge in [-0.25, -0.2) is 9.78 Å². The summed E-state index contributed by atoms with van der Waals surface area (Å²) in [6, 6.07) is 12.1. The van der Waals surface area contributed by atoms with Crippen molar-refractivity contribution in [2.75, 3.05) is 12.4 Å². The monoisotopic (exact) mass is 485 g/mol. The van der Waals surface area contributed by atoms with Crippen LogP contribution in [0.3, 0.4) is 0 Å². The van der Waals surface area contributed by atoms with Gasteiger partial charge in [0.1, 0.15) is 21.6 Å². The number of allylic oxidation sites excluding steroid dienone is 1. The number of aliphatic carboxylic acids is 1. The summed E-state index contributed by atoms with van der Waals surface area (Å²) in [4.78, 5) is 40.7. The van der Waals surface area contributed by atoms with Crippen molar-refractivity contribution in [2.45, 2.75) is 13.0 Å². The lowest BCUT2D eigenvalue weighted by Gasteiger charge is -2.09. The first kappa shape index (κ1) is 22.6. The number of halogens is 2. The third kappa shape index (κ3) is 4.48. The summed E-state index contributed by atoms with van der Waals surface area (Å²) in [5.41, 5.74) is 2.35. The highest BCUT2D eigenvalue weighted by Crippen LogP contribution is 2.29. The summed E-state index contributed by atoms with van der Waals surface area (Å²) in [6.45, 7) is 0.520. The zero-order chi connectivity index (χ0) is 23.7. The van der Waals surface area contributed by atoms with Crippen LogP contribution in [0.1, 0.15) is 17.8 Å². The first-order valence-electron chi connectivity index (χ1n) is 9.78. The molecule has 4 rings (SSSR count). The Morgan fingerprint density at radius 1 is 1.15 bits per heavy atom. The first-order valence-corrected chi connectivity index (χ1v) is 10.5. The minimum absolute atomic E-state index is 0.183. The van der Waals surface area contributed by atoms with Crippen molar-refractivity contribution in [3.63, 3.8) is 0 Å². The van der Waals surface area contributed by atoms with Gasteiger partial charge in [-0.3, -0.25) is 14.2 Å². The molecule has 1 aromatic heterocycles. The van der Waals surface area contributed by atoms with Gasteiger partial charge in [0.2, 0.25) is 0 Å². The molecule has 8 nitrogen and oxygen atoms in total. The first-order chi connectivity index (χ1) is 15.8. The minimum Gasteiger partial charge on any atom is -0.497 e. The number of anilines is 1. The summed E-state index contributed by atoms with van der Waals surface area (Å²) in [6.07, 6.45) is 2.63. The molecule has 0 spiro atoms. The quantitative estimate of drug-likeness (QED) is 0.527. The molecule has 10 heteroatoms. The van der Waals surface area contributed by atoms with E-state index in [2.05, 4.69) is 10.3 Å². The molecule has 0 unspecified atom stereocenters. The Kier molecular flexibility index (Phi) is 6.22. The number of carbonyl (C=O) groups is 2. The maximum Gasteiger partial charge on any atom is 0.349 e. The fraction of sp³-hybridized carbons (Fsp3) is 0.130. The van der Waals surface area contributed by atoms with Crippen LogP contribution in [0.2, 0.25) is 0 Å². The maximum atomic E-state index is 13.0. The Hall–Kier alpha value is -3.62. The largest absolute Gasteiger partial charge is 0.497 e. The Morgan fingerprint density at radius 2 is 1.88 bits per heavy atom. The van der Waals surface area contributed by atoms with Crippen LogP contribution >= 0.6 is 23.2 Å². The number of nitrogens with zero attached hydrogens (tertiary/aromatic N) is 2. The van der Waals surface area contributed by atoms with E-state index in [0.717, 1.165) is 16.9 Å². The molecule has 0 saturated heterocycles. The predicted molar refractivity (Wildman–Crippen MR) is 126 cm³/mol. The van der Waals surface area contributed by atoms with Crippen molar-refractivity contribution < 1.29 is 19.4 Å². The fourth-order valence-corrected chi connectivity index (χ4v) is 3.73. The van der Waals surface area contributed by atoms with Gasteiger partial charge < -0.3 is 15.2 Å². The van der Waals surface area contributed by atoms with E-state index in [-0.39, 0.29) is 11.2 Å². The van der Waals surface area contributed by atoms with Crippen LogP contribution in [0.4, 0.5) is 5.69 Å². The standard InChI is InChI=1S/C23H17Cl2N3O5/c1-33-15-5-2-12(3-6-15)10-13-8-9-28-20(13)27-17-11-14(4-7-16(17)22(28)30)26-21(29)18(24)19(25)23(31)32/h2-7,10-11H,8-9H2,1H3,(H,26,29)(H,31,32)/b13-10?,19-18-. The molecule has 1 aliphatic rings. The minimum atomic E-state index is -1.52. The van der Waals surface area contributed by atoms with Crippen molar-refractivity contribution in [3.8, 4) is 5.75 Å². The van der Waals surface area contributed by atoms with Crippen LogP contribution in [0, 0.1) is 0 Å². The summed E-state index contributed by atoms with van der Waals surface area (Å²) in [7, 11) is 1.60. The lowest BCUT2D eigenvalue weighted by atomic mass is 10.1. The second-order valence-corrected chi connectivity index (χ2v) is 7.96. The highest BCUT2D eigenvalue weighted by atomic mass is 35.5. The van der Waals surface area contributed by atoms with Crippen LogP contribution in [0.5, 0.6) is 5.75 Å². The molecule has 0 bridgehead atoms. The zero-order valence-corrected chi connectivity index (χ0v) is 18.8. The van der Waals surface area contributed by atoms with Crippen LogP contribution in [0.15, 0.2) is 57.3 Å². The fourth-order valence-electron chi connectivity index (χ4n) is 3.51. The number of methoxy groups -OCH3 is 1. The van der Waals surface area contributed by atoms with Crippen molar-refractivity contribution >= 4 is 63.3 Å². The second kappa shape index (κ2) is 9.09. The van der Waals surface area contributed by atoms with Crippen LogP contribution in [0.25, 0.3) is 22.6 Å². The molecule has 0 aliphatic carbocycles. The van der Waals surface area contributed by atoms with E-state index in [9.17, 15) is 14.4 Å². The van der Waals surface area contributed by atoms with Crippen molar-refractivity contribution in [3.05, 3.63) is 74.3 Å². The third-order valence-corrected chi connectivity index (χ3v) is 5.95. The highest BCUT2D eigenvalue weighted by molar-refractivity contribution is 6.54. The number of nitrogens with one attached hydrogen (secondary N) is 1. The Bertz CT molecular complexity index is 1410.